The van der Waals surface area contributed by atoms with E-state index in [1.165, 1.54) is 30.4 Å². The first-order valence-corrected chi connectivity index (χ1v) is 9.17. The van der Waals surface area contributed by atoms with Gasteiger partial charge in [0.15, 0.2) is 5.96 Å². The Bertz CT molecular complexity index is 718. The fourth-order valence-corrected chi connectivity index (χ4v) is 3.25. The molecule has 0 fully saturated rings. The van der Waals surface area contributed by atoms with Gasteiger partial charge in [0.1, 0.15) is 11.6 Å². The number of benzene rings is 1. The summed E-state index contributed by atoms with van der Waals surface area (Å²) >= 11 is 0. The molecule has 134 valence electrons. The second kappa shape index (κ2) is 8.65. The molecule has 2 N–H and O–H groups in total. The van der Waals surface area contributed by atoms with Crippen LogP contribution in [0.5, 0.6) is 0 Å². The SMILES string of the molecule is CN=C(NCCc1nnc2n1CCCCC2)NCc1cccc(C)c1. The average Bonchev–Trinajstić information content (AvgIpc) is 2.85. The maximum absolute atomic E-state index is 4.38. The Balaban J connectivity index is 1.48. The van der Waals surface area contributed by atoms with Gasteiger partial charge in [-0.1, -0.05) is 36.2 Å². The topological polar surface area (TPSA) is 67.1 Å². The summed E-state index contributed by atoms with van der Waals surface area (Å²) in [6, 6.07) is 8.50. The molecule has 1 aliphatic rings. The number of fused-ring (bicyclic) bond motifs is 1. The molecule has 6 nitrogen and oxygen atoms in total. The van der Waals surface area contributed by atoms with Crippen molar-refractivity contribution in [2.24, 2.45) is 4.99 Å². The Morgan fingerprint density at radius 3 is 2.96 bits per heavy atom. The van der Waals surface area contributed by atoms with Crippen molar-refractivity contribution in [3.05, 3.63) is 47.0 Å². The number of nitrogens with one attached hydrogen (secondary N) is 2. The van der Waals surface area contributed by atoms with Gasteiger partial charge in [0, 0.05) is 39.5 Å². The lowest BCUT2D eigenvalue weighted by molar-refractivity contribution is 0.600. The minimum atomic E-state index is 0.766. The van der Waals surface area contributed by atoms with Gasteiger partial charge in [-0.3, -0.25) is 4.99 Å². The van der Waals surface area contributed by atoms with Gasteiger partial charge in [-0.15, -0.1) is 10.2 Å². The summed E-state index contributed by atoms with van der Waals surface area (Å²) in [7, 11) is 1.80. The summed E-state index contributed by atoms with van der Waals surface area (Å²) in [6.07, 6.45) is 5.66. The van der Waals surface area contributed by atoms with Gasteiger partial charge < -0.3 is 15.2 Å². The Kier molecular flexibility index (Phi) is 6.04. The van der Waals surface area contributed by atoms with E-state index in [-0.39, 0.29) is 0 Å². The molecule has 1 aromatic heterocycles. The second-order valence-corrected chi connectivity index (χ2v) is 6.59. The first-order valence-electron chi connectivity index (χ1n) is 9.17. The smallest absolute Gasteiger partial charge is 0.191 e. The molecule has 2 aromatic rings. The molecule has 0 bridgehead atoms. The average molecular weight is 340 g/mol. The highest BCUT2D eigenvalue weighted by Gasteiger charge is 2.14. The van der Waals surface area contributed by atoms with Gasteiger partial charge in [-0.2, -0.15) is 0 Å². The van der Waals surface area contributed by atoms with E-state index in [2.05, 4.69) is 61.6 Å². The molecule has 3 rings (SSSR count). The minimum Gasteiger partial charge on any atom is -0.356 e. The zero-order valence-corrected chi connectivity index (χ0v) is 15.3. The lowest BCUT2D eigenvalue weighted by Gasteiger charge is -2.12. The summed E-state index contributed by atoms with van der Waals surface area (Å²) in [4.78, 5) is 4.30. The van der Waals surface area contributed by atoms with Crippen molar-refractivity contribution in [3.63, 3.8) is 0 Å². The zero-order valence-electron chi connectivity index (χ0n) is 15.3. The quantitative estimate of drug-likeness (QED) is 0.647. The monoisotopic (exact) mass is 340 g/mol. The number of hydrogen-bond acceptors (Lipinski definition) is 3. The van der Waals surface area contributed by atoms with Gasteiger partial charge in [0.25, 0.3) is 0 Å². The van der Waals surface area contributed by atoms with Crippen molar-refractivity contribution in [2.75, 3.05) is 13.6 Å². The summed E-state index contributed by atoms with van der Waals surface area (Å²) in [5.74, 6) is 3.05. The molecule has 25 heavy (non-hydrogen) atoms. The number of rotatable bonds is 5. The van der Waals surface area contributed by atoms with Crippen molar-refractivity contribution >= 4 is 5.96 Å². The Morgan fingerprint density at radius 1 is 1.20 bits per heavy atom. The maximum Gasteiger partial charge on any atom is 0.191 e. The molecule has 1 aromatic carbocycles. The lowest BCUT2D eigenvalue weighted by Crippen LogP contribution is -2.38. The molecule has 0 aliphatic carbocycles. The molecule has 1 aliphatic heterocycles. The Hall–Kier alpha value is -2.37. The van der Waals surface area contributed by atoms with Crippen LogP contribution in [0.3, 0.4) is 0 Å². The van der Waals surface area contributed by atoms with Crippen LogP contribution in [0.25, 0.3) is 0 Å². The molecular weight excluding hydrogens is 312 g/mol. The van der Waals surface area contributed by atoms with Crippen molar-refractivity contribution in [3.8, 4) is 0 Å². The van der Waals surface area contributed by atoms with Gasteiger partial charge in [0.2, 0.25) is 0 Å². The van der Waals surface area contributed by atoms with Crippen molar-refractivity contribution in [2.45, 2.75) is 52.1 Å². The summed E-state index contributed by atoms with van der Waals surface area (Å²) in [6.45, 7) is 4.73. The van der Waals surface area contributed by atoms with Crippen LogP contribution in [-0.4, -0.2) is 34.3 Å². The Labute approximate surface area is 149 Å². The summed E-state index contributed by atoms with van der Waals surface area (Å²) < 4.78 is 2.30. The van der Waals surface area contributed by atoms with Crippen molar-refractivity contribution in [1.29, 1.82) is 0 Å². The molecule has 0 saturated heterocycles. The molecule has 6 heteroatoms. The zero-order chi connectivity index (χ0) is 17.5. The van der Waals surface area contributed by atoms with E-state index in [0.29, 0.717) is 0 Å². The van der Waals surface area contributed by atoms with Crippen LogP contribution < -0.4 is 10.6 Å². The molecule has 2 heterocycles. The number of aryl methyl sites for hydroxylation is 2. The number of nitrogens with zero attached hydrogens (tertiary/aromatic N) is 4. The van der Waals surface area contributed by atoms with Crippen molar-refractivity contribution < 1.29 is 0 Å². The molecule has 0 spiro atoms. The van der Waals surface area contributed by atoms with Gasteiger partial charge in [-0.05, 0) is 25.3 Å². The normalized spacial score (nSPS) is 14.7. The predicted molar refractivity (Wildman–Crippen MR) is 101 cm³/mol. The second-order valence-electron chi connectivity index (χ2n) is 6.59. The maximum atomic E-state index is 4.38. The third-order valence-electron chi connectivity index (χ3n) is 4.59. The van der Waals surface area contributed by atoms with E-state index in [9.17, 15) is 0 Å². The van der Waals surface area contributed by atoms with Gasteiger partial charge in [0.05, 0.1) is 0 Å². The largest absolute Gasteiger partial charge is 0.356 e. The lowest BCUT2D eigenvalue weighted by atomic mass is 10.1. The first kappa shape index (κ1) is 17.5. The summed E-state index contributed by atoms with van der Waals surface area (Å²) in [5.41, 5.74) is 2.53. The molecule has 0 amide bonds. The van der Waals surface area contributed by atoms with E-state index in [1.807, 2.05) is 0 Å². The molecule has 0 radical (unpaired) electrons. The van der Waals surface area contributed by atoms with Crippen LogP contribution in [0.15, 0.2) is 29.3 Å². The van der Waals surface area contributed by atoms with Crippen LogP contribution in [0.4, 0.5) is 0 Å². The van der Waals surface area contributed by atoms with Gasteiger partial charge >= 0.3 is 0 Å². The molecule has 0 unspecified atom stereocenters. The van der Waals surface area contributed by atoms with E-state index < -0.39 is 0 Å². The third-order valence-corrected chi connectivity index (χ3v) is 4.59. The van der Waals surface area contributed by atoms with E-state index >= 15 is 0 Å². The fourth-order valence-electron chi connectivity index (χ4n) is 3.25. The van der Waals surface area contributed by atoms with E-state index in [4.69, 9.17) is 0 Å². The number of aromatic nitrogens is 3. The van der Waals surface area contributed by atoms with Crippen molar-refractivity contribution in [1.82, 2.24) is 25.4 Å². The molecular formula is C19H28N6. The van der Waals surface area contributed by atoms with Crippen LogP contribution in [0.1, 0.15) is 42.0 Å². The predicted octanol–water partition coefficient (Wildman–Crippen LogP) is 2.22. The van der Waals surface area contributed by atoms with E-state index in [0.717, 1.165) is 50.1 Å². The van der Waals surface area contributed by atoms with E-state index in [1.54, 1.807) is 7.05 Å². The fraction of sp³-hybridized carbons (Fsp3) is 0.526. The highest BCUT2D eigenvalue weighted by atomic mass is 15.3. The Morgan fingerprint density at radius 2 is 2.12 bits per heavy atom. The number of aliphatic imine (C=N–C) groups is 1. The molecule has 0 saturated carbocycles. The van der Waals surface area contributed by atoms with Crippen LogP contribution in [0, 0.1) is 6.92 Å². The van der Waals surface area contributed by atoms with Crippen LogP contribution in [-0.2, 0) is 25.9 Å². The number of guanidine groups is 1. The van der Waals surface area contributed by atoms with Gasteiger partial charge in [-0.25, -0.2) is 0 Å². The minimum absolute atomic E-state index is 0.766. The highest BCUT2D eigenvalue weighted by molar-refractivity contribution is 5.79. The standard InChI is InChI=1S/C19H28N6/c1-15-7-6-8-16(13-15)14-22-19(20-2)21-11-10-18-24-23-17-9-4-3-5-12-25(17)18/h6-8,13H,3-5,9-12,14H2,1-2H3,(H2,20,21,22). The van der Waals surface area contributed by atoms with Crippen LogP contribution in [0.2, 0.25) is 0 Å². The summed E-state index contributed by atoms with van der Waals surface area (Å²) in [5, 5.41) is 15.5. The van der Waals surface area contributed by atoms with Crippen LogP contribution >= 0.6 is 0 Å². The third kappa shape index (κ3) is 4.81. The first-order chi connectivity index (χ1) is 12.3. The molecule has 0 atom stereocenters. The highest BCUT2D eigenvalue weighted by Crippen LogP contribution is 2.14. The number of hydrogen-bond donors (Lipinski definition) is 2.